The Morgan fingerprint density at radius 1 is 1.12 bits per heavy atom. The molecule has 0 aliphatic carbocycles. The van der Waals surface area contributed by atoms with Crippen molar-refractivity contribution in [1.82, 2.24) is 0 Å². The molecule has 0 atom stereocenters. The number of nitro groups is 1. The van der Waals surface area contributed by atoms with Gasteiger partial charge in [-0.2, -0.15) is 0 Å². The molecule has 0 amide bonds. The van der Waals surface area contributed by atoms with Gasteiger partial charge < -0.3 is 15.6 Å². The van der Waals surface area contributed by atoms with E-state index >= 15 is 0 Å². The summed E-state index contributed by atoms with van der Waals surface area (Å²) in [6.45, 7) is 0. The lowest BCUT2D eigenvalue weighted by Gasteiger charge is -2.00. The van der Waals surface area contributed by atoms with Crippen LogP contribution in [0.5, 0.6) is 0 Å². The van der Waals surface area contributed by atoms with Crippen molar-refractivity contribution in [3.05, 3.63) is 57.6 Å². The Morgan fingerprint density at radius 3 is 2.12 bits per heavy atom. The number of ether oxygens (including phenoxy) is 1. The quantitative estimate of drug-likeness (QED) is 0.197. The average Bonchev–Trinajstić information content (AvgIpc) is 2.57. The third-order valence-corrected chi connectivity index (χ3v) is 3.65. The number of halogens is 1. The number of anilines is 1. The van der Waals surface area contributed by atoms with E-state index in [2.05, 4.69) is 30.0 Å². The number of nitrogens with two attached hydrogens (primary N) is 1. The monoisotopic (exact) mass is 418 g/mol. The fraction of sp³-hybridized carbons (Fsp3) is 0.0667. The number of nitrogen functional groups attached to an aromatic ring is 1. The second-order valence-corrected chi connectivity index (χ2v) is 5.49. The number of carboxylic acids is 1. The lowest BCUT2D eigenvalue weighted by atomic mass is 10.2. The largest absolute Gasteiger partial charge is 0.478 e. The third kappa shape index (κ3) is 6.47. The zero-order chi connectivity index (χ0) is 19.1. The Morgan fingerprint density at radius 2 is 1.65 bits per heavy atom. The molecule has 0 bridgehead atoms. The first-order valence-corrected chi connectivity index (χ1v) is 7.44. The number of carboxylic acid groups (broad SMARTS) is 1. The van der Waals surface area contributed by atoms with Crippen LogP contribution >= 0.6 is 37.7 Å². The van der Waals surface area contributed by atoms with Crippen LogP contribution in [0.1, 0.15) is 20.7 Å². The number of methoxy groups -OCH3 is 1. The van der Waals surface area contributed by atoms with Crippen molar-refractivity contribution in [2.24, 2.45) is 0 Å². The van der Waals surface area contributed by atoms with E-state index < -0.39 is 16.9 Å². The van der Waals surface area contributed by atoms with Crippen molar-refractivity contribution >= 4 is 61.0 Å². The predicted octanol–water partition coefficient (Wildman–Crippen LogP) is 3.35. The highest BCUT2D eigenvalue weighted by atomic mass is 35.5. The Kier molecular flexibility index (Phi) is 9.55. The summed E-state index contributed by atoms with van der Waals surface area (Å²) >= 11 is 7.88. The van der Waals surface area contributed by atoms with Gasteiger partial charge in [0.15, 0.2) is 0 Å². The molecular formula is C15H15ClN2O6S2. The number of esters is 1. The van der Waals surface area contributed by atoms with Crippen LogP contribution in [0.4, 0.5) is 11.4 Å². The van der Waals surface area contributed by atoms with Gasteiger partial charge in [0.2, 0.25) is 0 Å². The molecule has 0 aromatic heterocycles. The molecule has 26 heavy (non-hydrogen) atoms. The van der Waals surface area contributed by atoms with E-state index in [9.17, 15) is 19.7 Å². The summed E-state index contributed by atoms with van der Waals surface area (Å²) < 4.78 is 4.42. The molecule has 0 spiro atoms. The predicted molar refractivity (Wildman–Crippen MR) is 104 cm³/mol. The maximum Gasteiger partial charge on any atom is 0.338 e. The molecule has 0 aliphatic heterocycles. The van der Waals surface area contributed by atoms with Gasteiger partial charge in [-0.05, 0) is 30.3 Å². The summed E-state index contributed by atoms with van der Waals surface area (Å²) in [6, 6.07) is 8.33. The SMILES string of the molecule is COC(=O)c1ccc(S)c([N+](=O)[O-])c1.Cl.Nc1cc(C(=O)O)ccc1S. The lowest BCUT2D eigenvalue weighted by Crippen LogP contribution is -2.02. The average molecular weight is 419 g/mol. The first-order valence-electron chi connectivity index (χ1n) is 6.54. The molecule has 140 valence electrons. The van der Waals surface area contributed by atoms with Gasteiger partial charge >= 0.3 is 11.9 Å². The number of aromatic carboxylic acids is 1. The van der Waals surface area contributed by atoms with Gasteiger partial charge in [0, 0.05) is 16.6 Å². The summed E-state index contributed by atoms with van der Waals surface area (Å²) in [7, 11) is 1.21. The van der Waals surface area contributed by atoms with Crippen molar-refractivity contribution in [2.75, 3.05) is 12.8 Å². The molecule has 8 nitrogen and oxygen atoms in total. The Bertz CT molecular complexity index is 832. The molecule has 0 radical (unpaired) electrons. The van der Waals surface area contributed by atoms with E-state index in [4.69, 9.17) is 10.8 Å². The lowest BCUT2D eigenvalue weighted by molar-refractivity contribution is -0.387. The molecule has 0 unspecified atom stereocenters. The molecule has 0 aliphatic rings. The normalized spacial score (nSPS) is 9.19. The molecule has 2 aromatic rings. The van der Waals surface area contributed by atoms with E-state index in [1.165, 1.54) is 31.4 Å². The summed E-state index contributed by atoms with van der Waals surface area (Å²) in [5.74, 6) is -1.59. The van der Waals surface area contributed by atoms with Gasteiger partial charge in [-0.15, -0.1) is 37.7 Å². The van der Waals surface area contributed by atoms with E-state index in [1.807, 2.05) is 0 Å². The smallest absolute Gasteiger partial charge is 0.338 e. The topological polar surface area (TPSA) is 133 Å². The molecule has 2 rings (SSSR count). The van der Waals surface area contributed by atoms with Crippen LogP contribution < -0.4 is 5.73 Å². The number of benzene rings is 2. The molecule has 0 saturated carbocycles. The summed E-state index contributed by atoms with van der Waals surface area (Å²) in [5, 5.41) is 19.0. The highest BCUT2D eigenvalue weighted by Gasteiger charge is 2.15. The van der Waals surface area contributed by atoms with E-state index in [1.54, 1.807) is 6.07 Å². The standard InChI is InChI=1S/C8H7NO4S.C7H7NO2S.ClH/c1-13-8(10)5-2-3-7(14)6(4-5)9(11)12;8-5-3-4(7(9)10)1-2-6(5)11;/h2-4,14H,1H3;1-3,11H,8H2,(H,9,10);1H. The zero-order valence-corrected chi connectivity index (χ0v) is 15.9. The van der Waals surface area contributed by atoms with Crippen molar-refractivity contribution < 1.29 is 24.4 Å². The second-order valence-electron chi connectivity index (χ2n) is 4.53. The molecule has 3 N–H and O–H groups in total. The Hall–Kier alpha value is -2.43. The highest BCUT2D eigenvalue weighted by molar-refractivity contribution is 7.80. The molecular weight excluding hydrogens is 404 g/mol. The van der Waals surface area contributed by atoms with E-state index in [0.717, 1.165) is 6.07 Å². The third-order valence-electron chi connectivity index (χ3n) is 2.87. The number of thiol groups is 2. The molecule has 2 aromatic carbocycles. The highest BCUT2D eigenvalue weighted by Crippen LogP contribution is 2.23. The van der Waals surface area contributed by atoms with Gasteiger partial charge in [0.1, 0.15) is 0 Å². The Balaban J connectivity index is 0.000000475. The first kappa shape index (κ1) is 23.6. The molecule has 0 heterocycles. The summed E-state index contributed by atoms with van der Waals surface area (Å²) in [4.78, 5) is 32.1. The van der Waals surface area contributed by atoms with Crippen LogP contribution in [0, 0.1) is 10.1 Å². The summed E-state index contributed by atoms with van der Waals surface area (Å²) in [6.07, 6.45) is 0. The van der Waals surface area contributed by atoms with Crippen LogP contribution in [0.15, 0.2) is 46.2 Å². The van der Waals surface area contributed by atoms with Crippen molar-refractivity contribution in [3.63, 3.8) is 0 Å². The van der Waals surface area contributed by atoms with E-state index in [0.29, 0.717) is 10.6 Å². The zero-order valence-electron chi connectivity index (χ0n) is 13.3. The van der Waals surface area contributed by atoms with Crippen LogP contribution in [-0.4, -0.2) is 29.1 Å². The van der Waals surface area contributed by atoms with Gasteiger partial charge in [-0.1, -0.05) is 0 Å². The Labute approximate surface area is 165 Å². The number of carbonyl (C=O) groups is 2. The van der Waals surface area contributed by atoms with Gasteiger partial charge in [0.05, 0.1) is 28.1 Å². The first-order chi connectivity index (χ1) is 11.7. The minimum atomic E-state index is -0.981. The van der Waals surface area contributed by atoms with Crippen LogP contribution in [0.25, 0.3) is 0 Å². The maximum atomic E-state index is 11.0. The van der Waals surface area contributed by atoms with Crippen LogP contribution in [-0.2, 0) is 4.74 Å². The number of nitrogens with zero attached hydrogens (tertiary/aromatic N) is 1. The fourth-order valence-corrected chi connectivity index (χ4v) is 1.96. The van der Waals surface area contributed by atoms with Crippen LogP contribution in [0.2, 0.25) is 0 Å². The van der Waals surface area contributed by atoms with Crippen molar-refractivity contribution in [3.8, 4) is 0 Å². The molecule has 11 heteroatoms. The van der Waals surface area contributed by atoms with Crippen LogP contribution in [0.3, 0.4) is 0 Å². The molecule has 0 saturated heterocycles. The minimum Gasteiger partial charge on any atom is -0.478 e. The number of nitro benzene ring substituents is 1. The van der Waals surface area contributed by atoms with Gasteiger partial charge in [0.25, 0.3) is 5.69 Å². The van der Waals surface area contributed by atoms with Crippen molar-refractivity contribution in [1.29, 1.82) is 0 Å². The number of carbonyl (C=O) groups excluding carboxylic acids is 1. The molecule has 0 fully saturated rings. The number of hydrogen-bond acceptors (Lipinski definition) is 8. The van der Waals surface area contributed by atoms with Crippen molar-refractivity contribution in [2.45, 2.75) is 9.79 Å². The van der Waals surface area contributed by atoms with E-state index in [-0.39, 0.29) is 34.1 Å². The van der Waals surface area contributed by atoms with Gasteiger partial charge in [-0.3, -0.25) is 10.1 Å². The number of hydrogen-bond donors (Lipinski definition) is 4. The fourth-order valence-electron chi connectivity index (χ4n) is 1.60. The second kappa shape index (κ2) is 10.5. The number of rotatable bonds is 3. The van der Waals surface area contributed by atoms with Gasteiger partial charge in [-0.25, -0.2) is 9.59 Å². The maximum absolute atomic E-state index is 11.0. The minimum absolute atomic E-state index is 0. The summed E-state index contributed by atoms with van der Waals surface area (Å²) in [5.41, 5.74) is 5.91.